The van der Waals surface area contributed by atoms with E-state index >= 15 is 0 Å². The van der Waals surface area contributed by atoms with E-state index in [4.69, 9.17) is 9.47 Å². The second-order valence-electron chi connectivity index (χ2n) is 4.95. The standard InChI is InChI=1S/C15H30N2O4/c1-4-9-14(18)20-13(3)21-15(19)17-12-8-6-7-11-16-10-5-2/h13,16H,4-12H2,1-3H3,(H,17,19)/t13-/m1/s1. The summed E-state index contributed by atoms with van der Waals surface area (Å²) >= 11 is 0. The summed E-state index contributed by atoms with van der Waals surface area (Å²) < 4.78 is 9.84. The molecule has 124 valence electrons. The molecule has 0 aliphatic heterocycles. The van der Waals surface area contributed by atoms with Gasteiger partial charge in [0.05, 0.1) is 0 Å². The minimum Gasteiger partial charge on any atom is -0.425 e. The second kappa shape index (κ2) is 13.7. The molecule has 1 amide bonds. The van der Waals surface area contributed by atoms with Gasteiger partial charge >= 0.3 is 12.1 Å². The van der Waals surface area contributed by atoms with Crippen molar-refractivity contribution in [2.24, 2.45) is 0 Å². The maximum atomic E-state index is 11.4. The molecular formula is C15H30N2O4. The highest BCUT2D eigenvalue weighted by molar-refractivity contribution is 5.70. The zero-order valence-electron chi connectivity index (χ0n) is 13.6. The van der Waals surface area contributed by atoms with Crippen molar-refractivity contribution < 1.29 is 19.1 Å². The van der Waals surface area contributed by atoms with E-state index in [0.717, 1.165) is 38.8 Å². The van der Waals surface area contributed by atoms with Crippen molar-refractivity contribution in [1.29, 1.82) is 0 Å². The molecule has 0 aliphatic carbocycles. The fraction of sp³-hybridized carbons (Fsp3) is 0.867. The summed E-state index contributed by atoms with van der Waals surface area (Å²) in [7, 11) is 0. The maximum absolute atomic E-state index is 11.4. The lowest BCUT2D eigenvalue weighted by molar-refractivity contribution is -0.164. The number of ether oxygens (including phenoxy) is 2. The van der Waals surface area contributed by atoms with Crippen LogP contribution in [-0.4, -0.2) is 38.0 Å². The molecule has 0 aromatic carbocycles. The number of nitrogens with one attached hydrogen (secondary N) is 2. The summed E-state index contributed by atoms with van der Waals surface area (Å²) in [6, 6.07) is 0. The summed E-state index contributed by atoms with van der Waals surface area (Å²) in [5.41, 5.74) is 0. The third kappa shape index (κ3) is 13.4. The molecule has 0 rings (SSSR count). The van der Waals surface area contributed by atoms with Gasteiger partial charge in [0.2, 0.25) is 6.29 Å². The van der Waals surface area contributed by atoms with Gasteiger partial charge in [0.1, 0.15) is 0 Å². The molecule has 0 aromatic heterocycles. The predicted octanol–water partition coefficient (Wildman–Crippen LogP) is 2.57. The van der Waals surface area contributed by atoms with Crippen LogP contribution < -0.4 is 10.6 Å². The zero-order chi connectivity index (χ0) is 15.9. The summed E-state index contributed by atoms with van der Waals surface area (Å²) in [6.07, 6.45) is 3.87. The summed E-state index contributed by atoms with van der Waals surface area (Å²) in [5.74, 6) is -0.350. The van der Waals surface area contributed by atoms with Crippen LogP contribution >= 0.6 is 0 Å². The first-order chi connectivity index (χ1) is 10.1. The van der Waals surface area contributed by atoms with Crippen molar-refractivity contribution in [1.82, 2.24) is 10.6 Å². The lowest BCUT2D eigenvalue weighted by Crippen LogP contribution is -2.30. The molecule has 0 aromatic rings. The van der Waals surface area contributed by atoms with Crippen LogP contribution in [0.3, 0.4) is 0 Å². The highest BCUT2D eigenvalue weighted by Crippen LogP contribution is 1.99. The number of hydrogen-bond donors (Lipinski definition) is 2. The first-order valence-electron chi connectivity index (χ1n) is 7.94. The Balaban J connectivity index is 3.47. The van der Waals surface area contributed by atoms with Crippen molar-refractivity contribution in [2.45, 2.75) is 65.6 Å². The average Bonchev–Trinajstić information content (AvgIpc) is 2.41. The smallest absolute Gasteiger partial charge is 0.410 e. The quantitative estimate of drug-likeness (QED) is 0.329. The number of carbonyl (C=O) groups excluding carboxylic acids is 2. The second-order valence-corrected chi connectivity index (χ2v) is 4.95. The number of unbranched alkanes of at least 4 members (excludes halogenated alkanes) is 2. The minimum atomic E-state index is -0.845. The van der Waals surface area contributed by atoms with E-state index in [9.17, 15) is 9.59 Å². The average molecular weight is 302 g/mol. The molecule has 0 unspecified atom stereocenters. The molecule has 0 saturated carbocycles. The molecule has 21 heavy (non-hydrogen) atoms. The molecule has 6 heteroatoms. The first-order valence-corrected chi connectivity index (χ1v) is 7.94. The monoisotopic (exact) mass is 302 g/mol. The molecule has 6 nitrogen and oxygen atoms in total. The summed E-state index contributed by atoms with van der Waals surface area (Å²) in [4.78, 5) is 22.6. The molecular weight excluding hydrogens is 272 g/mol. The van der Waals surface area contributed by atoms with Crippen LogP contribution in [0.4, 0.5) is 4.79 Å². The number of alkyl carbamates (subject to hydrolysis) is 1. The van der Waals surface area contributed by atoms with Gasteiger partial charge in [-0.1, -0.05) is 20.3 Å². The van der Waals surface area contributed by atoms with Crippen molar-refractivity contribution in [2.75, 3.05) is 19.6 Å². The molecule has 0 radical (unpaired) electrons. The third-order valence-electron chi connectivity index (χ3n) is 2.75. The molecule has 0 fully saturated rings. The van der Waals surface area contributed by atoms with Crippen LogP contribution in [0.25, 0.3) is 0 Å². The maximum Gasteiger partial charge on any atom is 0.410 e. The van der Waals surface area contributed by atoms with Gasteiger partial charge in [-0.15, -0.1) is 0 Å². The fourth-order valence-corrected chi connectivity index (χ4v) is 1.71. The Kier molecular flexibility index (Phi) is 12.8. The van der Waals surface area contributed by atoms with Crippen LogP contribution in [0.1, 0.15) is 59.3 Å². The Morgan fingerprint density at radius 3 is 2.33 bits per heavy atom. The Bertz CT molecular complexity index is 285. The van der Waals surface area contributed by atoms with Gasteiger partial charge in [0.15, 0.2) is 0 Å². The molecule has 0 spiro atoms. The van der Waals surface area contributed by atoms with E-state index < -0.39 is 12.4 Å². The van der Waals surface area contributed by atoms with Crippen LogP contribution in [0, 0.1) is 0 Å². The number of esters is 1. The van der Waals surface area contributed by atoms with Gasteiger partial charge < -0.3 is 20.1 Å². The topological polar surface area (TPSA) is 76.7 Å². The van der Waals surface area contributed by atoms with E-state index in [0.29, 0.717) is 19.4 Å². The van der Waals surface area contributed by atoms with Gasteiger partial charge in [-0.05, 0) is 38.8 Å². The van der Waals surface area contributed by atoms with Crippen molar-refractivity contribution in [3.05, 3.63) is 0 Å². The summed E-state index contributed by atoms with van der Waals surface area (Å²) in [6.45, 7) is 8.21. The molecule has 0 saturated heterocycles. The Hall–Kier alpha value is -1.30. The highest BCUT2D eigenvalue weighted by Gasteiger charge is 2.12. The van der Waals surface area contributed by atoms with Gasteiger partial charge in [0.25, 0.3) is 0 Å². The number of rotatable bonds is 12. The molecule has 1 atom stereocenters. The van der Waals surface area contributed by atoms with E-state index in [1.165, 1.54) is 6.92 Å². The van der Waals surface area contributed by atoms with E-state index in [2.05, 4.69) is 17.6 Å². The normalized spacial score (nSPS) is 11.8. The number of amides is 1. The summed E-state index contributed by atoms with van der Waals surface area (Å²) in [5, 5.41) is 5.98. The third-order valence-corrected chi connectivity index (χ3v) is 2.75. The zero-order valence-corrected chi connectivity index (χ0v) is 13.6. The Morgan fingerprint density at radius 1 is 0.952 bits per heavy atom. The van der Waals surface area contributed by atoms with Gasteiger partial charge in [0, 0.05) is 19.9 Å². The minimum absolute atomic E-state index is 0.335. The van der Waals surface area contributed by atoms with Crippen LogP contribution in [-0.2, 0) is 14.3 Å². The van der Waals surface area contributed by atoms with Crippen molar-refractivity contribution in [3.63, 3.8) is 0 Å². The van der Waals surface area contributed by atoms with Gasteiger partial charge in [-0.2, -0.15) is 0 Å². The van der Waals surface area contributed by atoms with E-state index in [1.807, 2.05) is 6.92 Å². The van der Waals surface area contributed by atoms with Crippen molar-refractivity contribution in [3.8, 4) is 0 Å². The molecule has 0 bridgehead atoms. The predicted molar refractivity (Wildman–Crippen MR) is 82.0 cm³/mol. The molecule has 0 aliphatic rings. The fourth-order valence-electron chi connectivity index (χ4n) is 1.71. The lowest BCUT2D eigenvalue weighted by atomic mass is 10.2. The van der Waals surface area contributed by atoms with Crippen LogP contribution in [0.2, 0.25) is 0 Å². The van der Waals surface area contributed by atoms with Gasteiger partial charge in [-0.25, -0.2) is 4.79 Å². The van der Waals surface area contributed by atoms with Gasteiger partial charge in [-0.3, -0.25) is 4.79 Å². The molecule has 2 N–H and O–H groups in total. The van der Waals surface area contributed by atoms with Crippen LogP contribution in [0.15, 0.2) is 0 Å². The SMILES string of the molecule is CCCNCCCCCNC(=O)O[C@H](C)OC(=O)CCC. The first kappa shape index (κ1) is 19.7. The lowest BCUT2D eigenvalue weighted by Gasteiger charge is -2.14. The van der Waals surface area contributed by atoms with E-state index in [1.54, 1.807) is 0 Å². The highest BCUT2D eigenvalue weighted by atomic mass is 16.7. The van der Waals surface area contributed by atoms with Crippen molar-refractivity contribution >= 4 is 12.1 Å². The number of carbonyl (C=O) groups is 2. The largest absolute Gasteiger partial charge is 0.425 e. The van der Waals surface area contributed by atoms with Crippen LogP contribution in [0.5, 0.6) is 0 Å². The van der Waals surface area contributed by atoms with E-state index in [-0.39, 0.29) is 5.97 Å². The Labute approximate surface area is 127 Å². The number of hydrogen-bond acceptors (Lipinski definition) is 5. The molecule has 0 heterocycles. The Morgan fingerprint density at radius 2 is 1.67 bits per heavy atom.